The molecule has 3 rings (SSSR count). The largest absolute Gasteiger partial charge is 0.345 e. The van der Waals surface area contributed by atoms with E-state index < -0.39 is 0 Å². The molecular weight excluding hydrogens is 356 g/mol. The molecular formula is C20H22N6O2. The Morgan fingerprint density at radius 1 is 1.04 bits per heavy atom. The van der Waals surface area contributed by atoms with Gasteiger partial charge < -0.3 is 15.5 Å². The van der Waals surface area contributed by atoms with Gasteiger partial charge in [-0.15, -0.1) is 0 Å². The van der Waals surface area contributed by atoms with Gasteiger partial charge in [0.2, 0.25) is 0 Å². The molecule has 3 amide bonds. The van der Waals surface area contributed by atoms with Gasteiger partial charge in [-0.05, 0) is 23.8 Å². The van der Waals surface area contributed by atoms with Gasteiger partial charge in [0.1, 0.15) is 12.1 Å². The lowest BCUT2D eigenvalue weighted by atomic mass is 10.1. The van der Waals surface area contributed by atoms with Crippen LogP contribution in [0.15, 0.2) is 61.3 Å². The summed E-state index contributed by atoms with van der Waals surface area (Å²) < 4.78 is 1.80. The second-order valence-electron chi connectivity index (χ2n) is 6.39. The zero-order chi connectivity index (χ0) is 19.9. The average molecular weight is 378 g/mol. The Labute approximate surface area is 163 Å². The van der Waals surface area contributed by atoms with Crippen molar-refractivity contribution in [2.24, 2.45) is 0 Å². The summed E-state index contributed by atoms with van der Waals surface area (Å²) in [4.78, 5) is 33.9. The number of benzene rings is 1. The summed E-state index contributed by atoms with van der Waals surface area (Å²) in [5.74, 6) is 0.670. The number of nitrogens with one attached hydrogen (secondary N) is 2. The summed E-state index contributed by atoms with van der Waals surface area (Å²) >= 11 is 0. The van der Waals surface area contributed by atoms with Crippen molar-refractivity contribution in [2.75, 3.05) is 14.1 Å². The average Bonchev–Trinajstić information content (AvgIpc) is 3.25. The van der Waals surface area contributed by atoms with Crippen LogP contribution in [0, 0.1) is 0 Å². The minimum Gasteiger partial charge on any atom is -0.345 e. The van der Waals surface area contributed by atoms with Crippen molar-refractivity contribution >= 4 is 11.9 Å². The number of aromatic nitrogens is 3. The molecule has 0 bridgehead atoms. The van der Waals surface area contributed by atoms with Crippen molar-refractivity contribution in [2.45, 2.75) is 13.1 Å². The van der Waals surface area contributed by atoms with Crippen molar-refractivity contribution < 1.29 is 9.59 Å². The van der Waals surface area contributed by atoms with Crippen molar-refractivity contribution in [1.82, 2.24) is 30.1 Å². The van der Waals surface area contributed by atoms with Crippen LogP contribution in [0.3, 0.4) is 0 Å². The van der Waals surface area contributed by atoms with Crippen LogP contribution in [0.2, 0.25) is 0 Å². The molecule has 0 aliphatic heterocycles. The number of urea groups is 1. The lowest BCUT2D eigenvalue weighted by molar-refractivity contribution is 0.0827. The number of carbonyl (C=O) groups excluding carboxylic acids is 2. The Balaban J connectivity index is 1.53. The van der Waals surface area contributed by atoms with E-state index in [1.54, 1.807) is 55.7 Å². The maximum absolute atomic E-state index is 12.1. The van der Waals surface area contributed by atoms with Gasteiger partial charge in [0.25, 0.3) is 5.91 Å². The Morgan fingerprint density at radius 2 is 1.79 bits per heavy atom. The molecule has 8 nitrogen and oxygen atoms in total. The van der Waals surface area contributed by atoms with E-state index in [0.29, 0.717) is 18.7 Å². The lowest BCUT2D eigenvalue weighted by Crippen LogP contribution is -2.34. The molecule has 1 aromatic carbocycles. The number of imidazole rings is 1. The highest BCUT2D eigenvalue weighted by molar-refractivity contribution is 5.93. The molecule has 2 heterocycles. The monoisotopic (exact) mass is 378 g/mol. The third-order valence-corrected chi connectivity index (χ3v) is 4.12. The normalized spacial score (nSPS) is 10.4. The molecule has 0 aliphatic carbocycles. The minimum atomic E-state index is -0.283. The van der Waals surface area contributed by atoms with E-state index in [2.05, 4.69) is 20.6 Å². The van der Waals surface area contributed by atoms with Gasteiger partial charge in [-0.3, -0.25) is 9.36 Å². The quantitative estimate of drug-likeness (QED) is 0.686. The molecule has 0 spiro atoms. The number of pyridine rings is 1. The molecule has 2 N–H and O–H groups in total. The first-order valence-electron chi connectivity index (χ1n) is 8.79. The van der Waals surface area contributed by atoms with E-state index in [-0.39, 0.29) is 11.9 Å². The van der Waals surface area contributed by atoms with Crippen molar-refractivity contribution in [3.05, 3.63) is 78.0 Å². The molecule has 3 aromatic rings. The van der Waals surface area contributed by atoms with Gasteiger partial charge in [-0.1, -0.05) is 18.2 Å². The molecule has 0 saturated carbocycles. The smallest absolute Gasteiger partial charge is 0.315 e. The second kappa shape index (κ2) is 8.81. The summed E-state index contributed by atoms with van der Waals surface area (Å²) in [6.45, 7) is 0.702. The fourth-order valence-electron chi connectivity index (χ4n) is 2.63. The molecule has 0 radical (unpaired) electrons. The van der Waals surface area contributed by atoms with Crippen LogP contribution in [0.1, 0.15) is 21.5 Å². The molecule has 0 aliphatic rings. The van der Waals surface area contributed by atoms with Gasteiger partial charge in [-0.2, -0.15) is 0 Å². The SMILES string of the molecule is CN(C)C(=O)c1ccc(CNC(=O)NCc2cccnc2-n2ccnc2)cc1. The number of nitrogens with zero attached hydrogens (tertiary/aromatic N) is 4. The van der Waals surface area contributed by atoms with Crippen LogP contribution < -0.4 is 10.6 Å². The maximum Gasteiger partial charge on any atom is 0.315 e. The summed E-state index contributed by atoms with van der Waals surface area (Å²) in [6, 6.07) is 10.6. The molecule has 28 heavy (non-hydrogen) atoms. The highest BCUT2D eigenvalue weighted by Gasteiger charge is 2.09. The zero-order valence-corrected chi connectivity index (χ0v) is 15.8. The Morgan fingerprint density at radius 3 is 2.46 bits per heavy atom. The van der Waals surface area contributed by atoms with Gasteiger partial charge in [0.05, 0.1) is 0 Å². The minimum absolute atomic E-state index is 0.0533. The van der Waals surface area contributed by atoms with E-state index in [4.69, 9.17) is 0 Å². The van der Waals surface area contributed by atoms with E-state index in [1.165, 1.54) is 4.90 Å². The predicted molar refractivity (Wildman–Crippen MR) is 105 cm³/mol. The molecule has 8 heteroatoms. The standard InChI is InChI=1S/C20H22N6O2/c1-25(2)19(27)16-7-5-15(6-8-16)12-23-20(28)24-13-17-4-3-9-22-18(17)26-11-10-21-14-26/h3-11,14H,12-13H2,1-2H3,(H2,23,24,28). The van der Waals surface area contributed by atoms with Crippen LogP contribution in [-0.4, -0.2) is 45.5 Å². The molecule has 0 unspecified atom stereocenters. The van der Waals surface area contributed by atoms with Crippen molar-refractivity contribution in [3.63, 3.8) is 0 Å². The Hall–Kier alpha value is -3.68. The summed E-state index contributed by atoms with van der Waals surface area (Å²) in [5.41, 5.74) is 2.40. The van der Waals surface area contributed by atoms with Crippen molar-refractivity contribution in [3.8, 4) is 5.82 Å². The zero-order valence-electron chi connectivity index (χ0n) is 15.8. The Bertz CT molecular complexity index is 936. The van der Waals surface area contributed by atoms with Crippen molar-refractivity contribution in [1.29, 1.82) is 0 Å². The number of carbonyl (C=O) groups is 2. The molecule has 0 fully saturated rings. The highest BCUT2D eigenvalue weighted by atomic mass is 16.2. The first-order chi connectivity index (χ1) is 13.5. The van der Waals surface area contributed by atoms with E-state index in [0.717, 1.165) is 16.9 Å². The fourth-order valence-corrected chi connectivity index (χ4v) is 2.63. The van der Waals surface area contributed by atoms with Gasteiger partial charge in [-0.25, -0.2) is 14.8 Å². The van der Waals surface area contributed by atoms with Crippen LogP contribution in [0.5, 0.6) is 0 Å². The van der Waals surface area contributed by atoms with Gasteiger partial charge >= 0.3 is 6.03 Å². The van der Waals surface area contributed by atoms with Crippen LogP contribution >= 0.6 is 0 Å². The first-order valence-corrected chi connectivity index (χ1v) is 8.79. The second-order valence-corrected chi connectivity index (χ2v) is 6.39. The van der Waals surface area contributed by atoms with Crippen LogP contribution in [0.25, 0.3) is 5.82 Å². The van der Waals surface area contributed by atoms with E-state index >= 15 is 0 Å². The molecule has 0 atom stereocenters. The highest BCUT2D eigenvalue weighted by Crippen LogP contribution is 2.10. The predicted octanol–water partition coefficient (Wildman–Crippen LogP) is 1.97. The molecule has 144 valence electrons. The summed E-state index contributed by atoms with van der Waals surface area (Å²) in [6.07, 6.45) is 6.84. The lowest BCUT2D eigenvalue weighted by Gasteiger charge is -2.12. The summed E-state index contributed by atoms with van der Waals surface area (Å²) in [5, 5.41) is 5.64. The maximum atomic E-state index is 12.1. The first kappa shape index (κ1) is 19.1. The number of rotatable bonds is 6. The van der Waals surface area contributed by atoms with E-state index in [1.807, 2.05) is 24.3 Å². The van der Waals surface area contributed by atoms with Crippen LogP contribution in [-0.2, 0) is 13.1 Å². The number of hydrogen-bond donors (Lipinski definition) is 2. The Kier molecular flexibility index (Phi) is 6.01. The van der Waals surface area contributed by atoms with E-state index in [9.17, 15) is 9.59 Å². The third-order valence-electron chi connectivity index (χ3n) is 4.12. The fraction of sp³-hybridized carbons (Fsp3) is 0.200. The number of amides is 3. The number of hydrogen-bond acceptors (Lipinski definition) is 4. The molecule has 0 saturated heterocycles. The topological polar surface area (TPSA) is 92.2 Å². The van der Waals surface area contributed by atoms with Gasteiger partial charge in [0, 0.05) is 56.9 Å². The van der Waals surface area contributed by atoms with Crippen LogP contribution in [0.4, 0.5) is 4.79 Å². The third kappa shape index (κ3) is 4.73. The van der Waals surface area contributed by atoms with Gasteiger partial charge in [0.15, 0.2) is 0 Å². The summed E-state index contributed by atoms with van der Waals surface area (Å²) in [7, 11) is 3.42. The molecule has 2 aromatic heterocycles.